The first-order valence-electron chi connectivity index (χ1n) is 7.55. The van der Waals surface area contributed by atoms with Crippen LogP contribution in [0.3, 0.4) is 0 Å². The van der Waals surface area contributed by atoms with Gasteiger partial charge in [0, 0.05) is 15.2 Å². The number of nitrogens with zero attached hydrogens (tertiary/aromatic N) is 1. The van der Waals surface area contributed by atoms with Crippen LogP contribution in [0.1, 0.15) is 11.1 Å². The van der Waals surface area contributed by atoms with Gasteiger partial charge in [-0.3, -0.25) is 4.79 Å². The topological polar surface area (TPSA) is 65.4 Å². The standard InChI is InChI=1S/C18H16INO4S/c1-24-17(21)10-14-11-20(16-9-5-8-15(19)18(14)16)25(22,23)12-13-6-3-2-4-7-13/h2-9,11H,10,12H2,1H3. The first-order valence-corrected chi connectivity index (χ1v) is 10.2. The van der Waals surface area contributed by atoms with Gasteiger partial charge in [0.25, 0.3) is 0 Å². The van der Waals surface area contributed by atoms with Crippen LogP contribution in [0, 0.1) is 3.57 Å². The molecular weight excluding hydrogens is 453 g/mol. The molecule has 3 rings (SSSR count). The van der Waals surface area contributed by atoms with E-state index in [9.17, 15) is 13.2 Å². The maximum atomic E-state index is 12.9. The van der Waals surface area contributed by atoms with E-state index < -0.39 is 16.0 Å². The van der Waals surface area contributed by atoms with Crippen molar-refractivity contribution >= 4 is 49.5 Å². The van der Waals surface area contributed by atoms with Crippen molar-refractivity contribution in [3.8, 4) is 0 Å². The van der Waals surface area contributed by atoms with E-state index in [1.165, 1.54) is 17.3 Å². The lowest BCUT2D eigenvalue weighted by Gasteiger charge is -2.07. The largest absolute Gasteiger partial charge is 0.469 e. The third kappa shape index (κ3) is 3.72. The summed E-state index contributed by atoms with van der Waals surface area (Å²) in [6.45, 7) is 0. The van der Waals surface area contributed by atoms with Crippen molar-refractivity contribution in [3.05, 3.63) is 69.4 Å². The number of fused-ring (bicyclic) bond motifs is 1. The fraction of sp³-hybridized carbons (Fsp3) is 0.167. The molecule has 0 aliphatic rings. The van der Waals surface area contributed by atoms with E-state index in [1.807, 2.05) is 24.3 Å². The number of ether oxygens (including phenoxy) is 1. The molecule has 0 radical (unpaired) electrons. The van der Waals surface area contributed by atoms with Crippen molar-refractivity contribution in [2.75, 3.05) is 7.11 Å². The highest BCUT2D eigenvalue weighted by atomic mass is 127. The molecule has 0 fully saturated rings. The minimum absolute atomic E-state index is 0.0286. The van der Waals surface area contributed by atoms with Crippen molar-refractivity contribution in [1.82, 2.24) is 3.97 Å². The molecule has 130 valence electrons. The van der Waals surface area contributed by atoms with E-state index >= 15 is 0 Å². The lowest BCUT2D eigenvalue weighted by Crippen LogP contribution is -2.14. The van der Waals surface area contributed by atoms with Crippen LogP contribution in [-0.2, 0) is 31.7 Å². The average molecular weight is 469 g/mol. The Morgan fingerprint density at radius 2 is 1.84 bits per heavy atom. The molecule has 3 aromatic rings. The smallest absolute Gasteiger partial charge is 0.310 e. The number of halogens is 1. The highest BCUT2D eigenvalue weighted by Gasteiger charge is 2.22. The molecule has 0 bridgehead atoms. The van der Waals surface area contributed by atoms with Gasteiger partial charge in [0.1, 0.15) is 0 Å². The number of rotatable bonds is 5. The summed E-state index contributed by atoms with van der Waals surface area (Å²) < 4.78 is 32.8. The Hall–Kier alpha value is -1.87. The molecule has 0 saturated carbocycles. The summed E-state index contributed by atoms with van der Waals surface area (Å²) in [6, 6.07) is 14.5. The van der Waals surface area contributed by atoms with Crippen molar-refractivity contribution in [2.45, 2.75) is 12.2 Å². The second kappa shape index (κ2) is 7.17. The van der Waals surface area contributed by atoms with Crippen molar-refractivity contribution in [3.63, 3.8) is 0 Å². The summed E-state index contributed by atoms with van der Waals surface area (Å²) >= 11 is 2.15. The predicted molar refractivity (Wildman–Crippen MR) is 105 cm³/mol. The maximum Gasteiger partial charge on any atom is 0.310 e. The second-order valence-corrected chi connectivity index (χ2v) is 8.59. The Bertz CT molecular complexity index is 1030. The number of carbonyl (C=O) groups is 1. The summed E-state index contributed by atoms with van der Waals surface area (Å²) in [7, 11) is -2.30. The number of hydrogen-bond acceptors (Lipinski definition) is 4. The van der Waals surface area contributed by atoms with Gasteiger partial charge in [-0.1, -0.05) is 36.4 Å². The van der Waals surface area contributed by atoms with Crippen molar-refractivity contribution < 1.29 is 17.9 Å². The third-order valence-corrected chi connectivity index (χ3v) is 6.38. The normalized spacial score (nSPS) is 11.6. The minimum Gasteiger partial charge on any atom is -0.469 e. The van der Waals surface area contributed by atoms with Gasteiger partial charge in [0.05, 0.1) is 24.8 Å². The van der Waals surface area contributed by atoms with Crippen LogP contribution >= 0.6 is 22.6 Å². The number of hydrogen-bond donors (Lipinski definition) is 0. The first kappa shape index (κ1) is 17.9. The van der Waals surface area contributed by atoms with E-state index in [-0.39, 0.29) is 12.2 Å². The molecule has 0 atom stereocenters. The van der Waals surface area contributed by atoms with Crippen LogP contribution in [0.15, 0.2) is 54.7 Å². The zero-order valence-electron chi connectivity index (χ0n) is 13.5. The van der Waals surface area contributed by atoms with Crippen molar-refractivity contribution in [2.24, 2.45) is 0 Å². The monoisotopic (exact) mass is 469 g/mol. The minimum atomic E-state index is -3.62. The van der Waals surface area contributed by atoms with E-state index in [0.717, 1.165) is 8.96 Å². The number of methoxy groups -OCH3 is 1. The molecule has 0 aliphatic carbocycles. The zero-order chi connectivity index (χ0) is 18.0. The molecule has 1 aromatic heterocycles. The SMILES string of the molecule is COC(=O)Cc1cn(S(=O)(=O)Cc2ccccc2)c2cccc(I)c12. The number of carbonyl (C=O) groups excluding carboxylic acids is 1. The number of aromatic nitrogens is 1. The fourth-order valence-corrected chi connectivity index (χ4v) is 5.06. The molecule has 1 heterocycles. The van der Waals surface area contributed by atoms with Gasteiger partial charge >= 0.3 is 5.97 Å². The Morgan fingerprint density at radius 3 is 2.52 bits per heavy atom. The first-order chi connectivity index (χ1) is 11.9. The van der Waals surface area contributed by atoms with Gasteiger partial charge in [0.2, 0.25) is 10.0 Å². The summed E-state index contributed by atoms with van der Waals surface area (Å²) in [5, 5.41) is 0.769. The molecule has 0 unspecified atom stereocenters. The quantitative estimate of drug-likeness (QED) is 0.425. The van der Waals surface area contributed by atoms with Crippen LogP contribution in [0.25, 0.3) is 10.9 Å². The van der Waals surface area contributed by atoms with Gasteiger partial charge in [-0.2, -0.15) is 0 Å². The molecule has 0 N–H and O–H groups in total. The van der Waals surface area contributed by atoms with E-state index in [0.29, 0.717) is 16.6 Å². The van der Waals surface area contributed by atoms with Gasteiger partial charge in [-0.25, -0.2) is 12.4 Å². The lowest BCUT2D eigenvalue weighted by atomic mass is 10.1. The molecule has 0 amide bonds. The summed E-state index contributed by atoms with van der Waals surface area (Å²) in [5.41, 5.74) is 1.93. The molecule has 2 aromatic carbocycles. The van der Waals surface area contributed by atoms with E-state index in [4.69, 9.17) is 4.74 Å². The lowest BCUT2D eigenvalue weighted by molar-refractivity contribution is -0.139. The van der Waals surface area contributed by atoms with Gasteiger partial charge in [-0.05, 0) is 45.9 Å². The maximum absolute atomic E-state index is 12.9. The van der Waals surface area contributed by atoms with Crippen LogP contribution in [-0.4, -0.2) is 25.5 Å². The van der Waals surface area contributed by atoms with Crippen LogP contribution < -0.4 is 0 Å². The van der Waals surface area contributed by atoms with E-state index in [2.05, 4.69) is 22.6 Å². The Labute approximate surface area is 159 Å². The Balaban J connectivity index is 2.13. The van der Waals surface area contributed by atoms with E-state index in [1.54, 1.807) is 24.3 Å². The van der Waals surface area contributed by atoms with Crippen LogP contribution in [0.2, 0.25) is 0 Å². The fourth-order valence-electron chi connectivity index (χ4n) is 2.74. The molecule has 0 saturated heterocycles. The summed E-state index contributed by atoms with van der Waals surface area (Å²) in [4.78, 5) is 11.7. The molecule has 25 heavy (non-hydrogen) atoms. The molecule has 5 nitrogen and oxygen atoms in total. The molecule has 0 spiro atoms. The highest BCUT2D eigenvalue weighted by Crippen LogP contribution is 2.29. The Kier molecular flexibility index (Phi) is 5.14. The summed E-state index contributed by atoms with van der Waals surface area (Å²) in [5.74, 6) is -0.514. The average Bonchev–Trinajstić information content (AvgIpc) is 2.96. The van der Waals surface area contributed by atoms with Gasteiger partial charge in [-0.15, -0.1) is 0 Å². The Morgan fingerprint density at radius 1 is 1.12 bits per heavy atom. The third-order valence-electron chi connectivity index (χ3n) is 3.88. The van der Waals surface area contributed by atoms with Crippen molar-refractivity contribution in [1.29, 1.82) is 0 Å². The number of esters is 1. The number of benzene rings is 2. The zero-order valence-corrected chi connectivity index (χ0v) is 16.5. The molecule has 0 aliphatic heterocycles. The van der Waals surface area contributed by atoms with Crippen LogP contribution in [0.5, 0.6) is 0 Å². The second-order valence-electron chi connectivity index (χ2n) is 5.58. The predicted octanol–water partition coefficient (Wildman–Crippen LogP) is 3.34. The van der Waals surface area contributed by atoms with Gasteiger partial charge in [0.15, 0.2) is 0 Å². The molecular formula is C18H16INO4S. The van der Waals surface area contributed by atoms with Gasteiger partial charge < -0.3 is 4.74 Å². The summed E-state index contributed by atoms with van der Waals surface area (Å²) in [6.07, 6.45) is 1.56. The molecule has 7 heteroatoms. The van der Waals surface area contributed by atoms with Crippen LogP contribution in [0.4, 0.5) is 0 Å². The highest BCUT2D eigenvalue weighted by molar-refractivity contribution is 14.1.